The number of aromatic nitrogens is 2. The predicted octanol–water partition coefficient (Wildman–Crippen LogP) is 6.22. The quantitative estimate of drug-likeness (QED) is 0.457. The second-order valence-corrected chi connectivity index (χ2v) is 11.3. The summed E-state index contributed by atoms with van der Waals surface area (Å²) in [6.45, 7) is 10.9. The topological polar surface area (TPSA) is 67.2 Å². The lowest BCUT2D eigenvalue weighted by Crippen LogP contribution is -2.40. The van der Waals surface area contributed by atoms with Crippen LogP contribution in [0.1, 0.15) is 78.8 Å². The minimum Gasteiger partial charge on any atom is -0.333 e. The van der Waals surface area contributed by atoms with E-state index < -0.39 is 0 Å². The third kappa shape index (κ3) is 7.08. The molecule has 34 heavy (non-hydrogen) atoms. The van der Waals surface area contributed by atoms with Gasteiger partial charge in [0.2, 0.25) is 11.8 Å². The molecule has 0 spiro atoms. The molecule has 1 aromatic carbocycles. The molecule has 1 aliphatic rings. The highest BCUT2D eigenvalue weighted by Gasteiger charge is 2.25. The van der Waals surface area contributed by atoms with Gasteiger partial charge in [-0.15, -0.1) is 0 Å². The van der Waals surface area contributed by atoms with Crippen LogP contribution in [-0.2, 0) is 15.0 Å². The molecule has 1 fully saturated rings. The van der Waals surface area contributed by atoms with Crippen molar-refractivity contribution in [3.63, 3.8) is 0 Å². The van der Waals surface area contributed by atoms with E-state index in [0.717, 1.165) is 12.1 Å². The van der Waals surface area contributed by atoms with E-state index in [9.17, 15) is 9.59 Å². The van der Waals surface area contributed by atoms with Gasteiger partial charge in [-0.1, -0.05) is 84.0 Å². The van der Waals surface area contributed by atoms with Crippen LogP contribution in [0.2, 0.25) is 5.02 Å². The number of nitrogens with one attached hydrogen (secondary N) is 1. The van der Waals surface area contributed by atoms with Gasteiger partial charge in [0.05, 0.1) is 22.9 Å². The maximum atomic E-state index is 13.1. The predicted molar refractivity (Wildman–Crippen MR) is 139 cm³/mol. The highest BCUT2D eigenvalue weighted by molar-refractivity contribution is 6.32. The average molecular weight is 487 g/mol. The number of rotatable bonds is 9. The van der Waals surface area contributed by atoms with Crippen molar-refractivity contribution in [2.75, 3.05) is 18.4 Å². The van der Waals surface area contributed by atoms with Crippen LogP contribution in [0.25, 0.3) is 5.69 Å². The van der Waals surface area contributed by atoms with Crippen molar-refractivity contribution in [1.82, 2.24) is 14.7 Å². The van der Waals surface area contributed by atoms with Gasteiger partial charge in [0.25, 0.3) is 0 Å². The molecular formula is C27H39ClN4O2. The fourth-order valence-electron chi connectivity index (χ4n) is 4.48. The number of nitrogens with zero attached hydrogens (tertiary/aromatic N) is 3. The Morgan fingerprint density at radius 1 is 1.21 bits per heavy atom. The van der Waals surface area contributed by atoms with E-state index in [4.69, 9.17) is 16.7 Å². The Balaban J connectivity index is 1.76. The Hall–Kier alpha value is -2.34. The van der Waals surface area contributed by atoms with Crippen LogP contribution in [0.3, 0.4) is 0 Å². The van der Waals surface area contributed by atoms with Crippen molar-refractivity contribution < 1.29 is 9.59 Å². The maximum Gasteiger partial charge on any atom is 0.245 e. The molecule has 186 valence electrons. The van der Waals surface area contributed by atoms with Crippen LogP contribution in [0.15, 0.2) is 30.3 Å². The minimum absolute atomic E-state index is 0.0280. The molecule has 0 radical (unpaired) electrons. The summed E-state index contributed by atoms with van der Waals surface area (Å²) < 4.78 is 1.68. The summed E-state index contributed by atoms with van der Waals surface area (Å²) >= 11 is 6.44. The molecule has 1 N–H and O–H groups in total. The van der Waals surface area contributed by atoms with Gasteiger partial charge in [0, 0.05) is 24.4 Å². The molecule has 6 nitrogen and oxygen atoms in total. The zero-order chi connectivity index (χ0) is 24.9. The Morgan fingerprint density at radius 2 is 1.88 bits per heavy atom. The van der Waals surface area contributed by atoms with Crippen LogP contribution in [0.4, 0.5) is 5.82 Å². The van der Waals surface area contributed by atoms with E-state index in [1.807, 2.05) is 24.3 Å². The zero-order valence-corrected chi connectivity index (χ0v) is 22.0. The monoisotopic (exact) mass is 486 g/mol. The number of carbonyl (C=O) groups is 2. The first-order valence-corrected chi connectivity index (χ1v) is 12.9. The highest BCUT2D eigenvalue weighted by Crippen LogP contribution is 2.30. The zero-order valence-electron chi connectivity index (χ0n) is 21.2. The van der Waals surface area contributed by atoms with Crippen molar-refractivity contribution in [2.24, 2.45) is 11.8 Å². The number of amides is 2. The molecule has 0 bridgehead atoms. The molecule has 2 aromatic rings. The SMILES string of the molecule is CC(C)CN(CC(=O)Nc1cc(C(C)(C)C)nn1-c1ccccc1Cl)C(=O)CCC1CCCC1. The van der Waals surface area contributed by atoms with E-state index in [0.29, 0.717) is 35.4 Å². The Labute approximate surface area is 209 Å². The van der Waals surface area contributed by atoms with Gasteiger partial charge < -0.3 is 10.2 Å². The Bertz CT molecular complexity index is 987. The van der Waals surface area contributed by atoms with Crippen molar-refractivity contribution >= 4 is 29.2 Å². The molecule has 1 aromatic heterocycles. The summed E-state index contributed by atoms with van der Waals surface area (Å²) in [6.07, 6.45) is 6.42. The van der Waals surface area contributed by atoms with E-state index in [-0.39, 0.29) is 29.7 Å². The standard InChI is InChI=1S/C27H39ClN4O2/c1-19(2)17-31(26(34)15-14-20-10-6-7-11-20)18-25(33)29-24-16-23(27(3,4)5)30-32(24)22-13-9-8-12-21(22)28/h8-9,12-13,16,19-20H,6-7,10-11,14-15,17-18H2,1-5H3,(H,29,33). The number of para-hydroxylation sites is 1. The van der Waals surface area contributed by atoms with Crippen LogP contribution in [0.5, 0.6) is 0 Å². The molecule has 1 saturated carbocycles. The summed E-state index contributed by atoms with van der Waals surface area (Å²) in [6, 6.07) is 9.30. The van der Waals surface area contributed by atoms with Gasteiger partial charge in [-0.25, -0.2) is 4.68 Å². The normalized spacial score (nSPS) is 14.6. The first kappa shape index (κ1) is 26.3. The second kappa shape index (κ2) is 11.4. The van der Waals surface area contributed by atoms with Gasteiger partial charge in [0.15, 0.2) is 0 Å². The molecule has 2 amide bonds. The highest BCUT2D eigenvalue weighted by atomic mass is 35.5. The third-order valence-electron chi connectivity index (χ3n) is 6.34. The lowest BCUT2D eigenvalue weighted by atomic mass is 9.92. The second-order valence-electron chi connectivity index (χ2n) is 10.9. The molecule has 1 aliphatic carbocycles. The lowest BCUT2D eigenvalue weighted by Gasteiger charge is -2.25. The number of carbonyl (C=O) groups excluding carboxylic acids is 2. The van der Waals surface area contributed by atoms with Crippen molar-refractivity contribution in [3.05, 3.63) is 41.0 Å². The molecule has 7 heteroatoms. The first-order chi connectivity index (χ1) is 16.0. The van der Waals surface area contributed by atoms with Crippen LogP contribution in [0, 0.1) is 11.8 Å². The van der Waals surface area contributed by atoms with Gasteiger partial charge in [-0.2, -0.15) is 5.10 Å². The van der Waals surface area contributed by atoms with E-state index in [2.05, 4.69) is 39.9 Å². The smallest absolute Gasteiger partial charge is 0.245 e. The van der Waals surface area contributed by atoms with Crippen molar-refractivity contribution in [3.8, 4) is 5.69 Å². The first-order valence-electron chi connectivity index (χ1n) is 12.5. The van der Waals surface area contributed by atoms with Gasteiger partial charge >= 0.3 is 0 Å². The number of hydrogen-bond donors (Lipinski definition) is 1. The molecule has 0 aliphatic heterocycles. The van der Waals surface area contributed by atoms with E-state index >= 15 is 0 Å². The number of anilines is 1. The number of hydrogen-bond acceptors (Lipinski definition) is 3. The fourth-order valence-corrected chi connectivity index (χ4v) is 4.70. The molecule has 0 atom stereocenters. The maximum absolute atomic E-state index is 13.1. The molecular weight excluding hydrogens is 448 g/mol. The minimum atomic E-state index is -0.233. The fraction of sp³-hybridized carbons (Fsp3) is 0.593. The van der Waals surface area contributed by atoms with E-state index in [1.165, 1.54) is 25.7 Å². The Kier molecular flexibility index (Phi) is 8.80. The largest absolute Gasteiger partial charge is 0.333 e. The average Bonchev–Trinajstić information content (AvgIpc) is 3.41. The van der Waals surface area contributed by atoms with Crippen LogP contribution in [-0.4, -0.2) is 39.6 Å². The summed E-state index contributed by atoms with van der Waals surface area (Å²) in [5.74, 6) is 1.31. The molecule has 1 heterocycles. The molecule has 3 rings (SSSR count). The summed E-state index contributed by atoms with van der Waals surface area (Å²) in [7, 11) is 0. The van der Waals surface area contributed by atoms with Crippen molar-refractivity contribution in [2.45, 2.75) is 78.6 Å². The number of benzene rings is 1. The van der Waals surface area contributed by atoms with Gasteiger partial charge in [0.1, 0.15) is 5.82 Å². The Morgan fingerprint density at radius 3 is 2.50 bits per heavy atom. The molecule has 0 unspecified atom stereocenters. The lowest BCUT2D eigenvalue weighted by molar-refractivity contribution is -0.135. The van der Waals surface area contributed by atoms with Crippen LogP contribution < -0.4 is 5.32 Å². The van der Waals surface area contributed by atoms with Gasteiger partial charge in [-0.05, 0) is 30.4 Å². The van der Waals surface area contributed by atoms with E-state index in [1.54, 1.807) is 15.6 Å². The van der Waals surface area contributed by atoms with Crippen LogP contribution >= 0.6 is 11.6 Å². The summed E-state index contributed by atoms with van der Waals surface area (Å²) in [5.41, 5.74) is 1.34. The number of halogens is 1. The molecule has 0 saturated heterocycles. The summed E-state index contributed by atoms with van der Waals surface area (Å²) in [5, 5.41) is 8.28. The van der Waals surface area contributed by atoms with Crippen molar-refractivity contribution in [1.29, 1.82) is 0 Å². The van der Waals surface area contributed by atoms with Gasteiger partial charge in [-0.3, -0.25) is 9.59 Å². The summed E-state index contributed by atoms with van der Waals surface area (Å²) in [4.78, 5) is 27.8. The third-order valence-corrected chi connectivity index (χ3v) is 6.66.